The molecule has 2 atom stereocenters. The topological polar surface area (TPSA) is 165 Å². The van der Waals surface area contributed by atoms with Crippen molar-refractivity contribution in [2.45, 2.75) is 44.2 Å². The van der Waals surface area contributed by atoms with Crippen LogP contribution in [0.15, 0.2) is 79.0 Å². The number of piperidine rings is 1. The molecule has 3 aromatic heterocycles. The van der Waals surface area contributed by atoms with E-state index in [-0.39, 0.29) is 54.7 Å². The summed E-state index contributed by atoms with van der Waals surface area (Å²) >= 11 is 0. The van der Waals surface area contributed by atoms with Crippen molar-refractivity contribution in [3.8, 4) is 11.4 Å². The molecule has 3 saturated heterocycles. The van der Waals surface area contributed by atoms with E-state index in [1.807, 2.05) is 41.3 Å². The molecule has 290 valence electrons. The third kappa shape index (κ3) is 6.70. The monoisotopic (exact) mass is 770 g/mol. The van der Waals surface area contributed by atoms with Gasteiger partial charge in [-0.2, -0.15) is 0 Å². The highest BCUT2D eigenvalue weighted by Crippen LogP contribution is 2.36. The smallest absolute Gasteiger partial charge is 0.264 e. The van der Waals surface area contributed by atoms with Gasteiger partial charge in [0.1, 0.15) is 29.2 Å². The van der Waals surface area contributed by atoms with Crippen molar-refractivity contribution in [2.75, 3.05) is 54.4 Å². The third-order valence-corrected chi connectivity index (χ3v) is 11.2. The molecule has 9 rings (SSSR count). The number of rotatable bonds is 9. The Balaban J connectivity index is 0.821. The summed E-state index contributed by atoms with van der Waals surface area (Å²) in [5.74, 6) is -1.02. The van der Waals surface area contributed by atoms with Crippen LogP contribution in [0, 0.1) is 5.82 Å². The van der Waals surface area contributed by atoms with Gasteiger partial charge in [0.2, 0.25) is 17.7 Å². The van der Waals surface area contributed by atoms with Crippen LogP contribution < -0.4 is 20.4 Å². The number of aromatic nitrogens is 4. The van der Waals surface area contributed by atoms with E-state index in [1.54, 1.807) is 35.0 Å². The number of anilines is 3. The standard InChI is InChI=1S/C41H39FN10O5/c42-26-6-1-5-25(23-26)30-10-4-18-50(30)35-14-13-33-44-24-32(52(33)47-35)28-8-3-11-34(45-28)48-19-21-49(22-20-48)37(54)16-17-43-29-9-2-7-27-38(29)41(57)51(40(27)56)31-12-15-36(53)46-39(31)55/h1-3,5-9,11,13-14,23-24,30-31,43H,4,10,12,15-22H2,(H,46,53,55)/t30-,31?/m1/s1. The fraction of sp³-hybridized carbons (Fsp3) is 0.317. The first-order chi connectivity index (χ1) is 27.7. The molecule has 15 nitrogen and oxygen atoms in total. The van der Waals surface area contributed by atoms with Crippen LogP contribution in [0.1, 0.15) is 64.4 Å². The molecule has 5 amide bonds. The molecular formula is C41H39FN10O5. The summed E-state index contributed by atoms with van der Waals surface area (Å²) in [5, 5.41) is 10.3. The summed E-state index contributed by atoms with van der Waals surface area (Å²) in [5.41, 5.74) is 3.82. The number of halogens is 1. The normalized spacial score (nSPS) is 19.7. The minimum Gasteiger partial charge on any atom is -0.384 e. The van der Waals surface area contributed by atoms with Gasteiger partial charge in [-0.15, -0.1) is 5.10 Å². The number of benzene rings is 2. The minimum atomic E-state index is -1.06. The minimum absolute atomic E-state index is 0.0306. The molecule has 0 radical (unpaired) electrons. The summed E-state index contributed by atoms with van der Waals surface area (Å²) in [6, 6.07) is 20.3. The van der Waals surface area contributed by atoms with E-state index in [0.29, 0.717) is 43.2 Å². The number of imide groups is 2. The molecule has 0 bridgehead atoms. The van der Waals surface area contributed by atoms with Gasteiger partial charge in [0.25, 0.3) is 11.8 Å². The van der Waals surface area contributed by atoms with Gasteiger partial charge >= 0.3 is 0 Å². The van der Waals surface area contributed by atoms with Gasteiger partial charge < -0.3 is 20.0 Å². The molecule has 2 N–H and O–H groups in total. The van der Waals surface area contributed by atoms with Crippen LogP contribution in [-0.4, -0.2) is 104 Å². The number of imidazole rings is 1. The van der Waals surface area contributed by atoms with Gasteiger partial charge in [-0.3, -0.25) is 34.2 Å². The summed E-state index contributed by atoms with van der Waals surface area (Å²) in [6.45, 7) is 3.22. The summed E-state index contributed by atoms with van der Waals surface area (Å²) in [4.78, 5) is 80.7. The van der Waals surface area contributed by atoms with E-state index >= 15 is 0 Å². The van der Waals surface area contributed by atoms with E-state index in [2.05, 4.69) is 25.4 Å². The molecule has 0 aliphatic carbocycles. The van der Waals surface area contributed by atoms with E-state index in [0.717, 1.165) is 47.2 Å². The van der Waals surface area contributed by atoms with E-state index in [4.69, 9.17) is 10.1 Å². The summed E-state index contributed by atoms with van der Waals surface area (Å²) in [6.07, 6.45) is 3.93. The molecule has 2 aromatic carbocycles. The number of pyridine rings is 1. The highest BCUT2D eigenvalue weighted by molar-refractivity contribution is 6.25. The summed E-state index contributed by atoms with van der Waals surface area (Å²) < 4.78 is 15.9. The molecule has 57 heavy (non-hydrogen) atoms. The van der Waals surface area contributed by atoms with Gasteiger partial charge in [0.05, 0.1) is 29.1 Å². The van der Waals surface area contributed by atoms with Crippen molar-refractivity contribution in [3.63, 3.8) is 0 Å². The molecule has 7 heterocycles. The molecule has 3 fully saturated rings. The number of piperazine rings is 1. The Hall–Kier alpha value is -6.71. The Morgan fingerprint density at radius 1 is 0.860 bits per heavy atom. The predicted molar refractivity (Wildman–Crippen MR) is 207 cm³/mol. The maximum Gasteiger partial charge on any atom is 0.264 e. The van der Waals surface area contributed by atoms with Crippen molar-refractivity contribution < 1.29 is 28.4 Å². The number of nitrogens with one attached hydrogen (secondary N) is 2. The molecule has 1 unspecified atom stereocenters. The highest BCUT2D eigenvalue weighted by Gasteiger charge is 2.45. The molecule has 5 aromatic rings. The lowest BCUT2D eigenvalue weighted by Gasteiger charge is -2.35. The molecule has 4 aliphatic heterocycles. The van der Waals surface area contributed by atoms with Gasteiger partial charge in [-0.05, 0) is 73.4 Å². The SMILES string of the molecule is O=C1CCC(N2C(=O)c3cccc(NCCC(=O)N4CCN(c5cccc(-c6cnc7ccc(N8CCC[C@@H]8c8cccc(F)c8)nn67)n5)CC4)c3C2=O)C(=O)N1. The number of amides is 5. The van der Waals surface area contributed by atoms with Crippen LogP contribution in [-0.2, 0) is 14.4 Å². The first kappa shape index (κ1) is 36.0. The first-order valence-electron chi connectivity index (χ1n) is 19.2. The Bertz CT molecular complexity index is 2450. The zero-order chi connectivity index (χ0) is 39.2. The number of carbonyl (C=O) groups is 5. The maximum absolute atomic E-state index is 14.1. The zero-order valence-electron chi connectivity index (χ0n) is 30.9. The van der Waals surface area contributed by atoms with Crippen molar-refractivity contribution in [3.05, 3.63) is 102 Å². The Kier molecular flexibility index (Phi) is 9.30. The van der Waals surface area contributed by atoms with Crippen LogP contribution in [0.2, 0.25) is 0 Å². The first-order valence-corrected chi connectivity index (χ1v) is 19.2. The molecular weight excluding hydrogens is 732 g/mol. The van der Waals surface area contributed by atoms with E-state index in [1.165, 1.54) is 12.1 Å². The Labute approximate surface area is 326 Å². The Morgan fingerprint density at radius 3 is 2.51 bits per heavy atom. The van der Waals surface area contributed by atoms with Crippen LogP contribution in [0.3, 0.4) is 0 Å². The average molecular weight is 771 g/mol. The van der Waals surface area contributed by atoms with Gasteiger partial charge in [0, 0.05) is 57.8 Å². The van der Waals surface area contributed by atoms with Crippen molar-refractivity contribution in [1.82, 2.24) is 34.7 Å². The van der Waals surface area contributed by atoms with Crippen molar-refractivity contribution in [1.29, 1.82) is 0 Å². The number of fused-ring (bicyclic) bond motifs is 2. The second-order valence-electron chi connectivity index (χ2n) is 14.6. The van der Waals surface area contributed by atoms with Gasteiger partial charge in [-0.25, -0.2) is 18.9 Å². The lowest BCUT2D eigenvalue weighted by molar-refractivity contribution is -0.136. The summed E-state index contributed by atoms with van der Waals surface area (Å²) in [7, 11) is 0. The van der Waals surface area contributed by atoms with Crippen LogP contribution >= 0.6 is 0 Å². The quantitative estimate of drug-likeness (QED) is 0.210. The largest absolute Gasteiger partial charge is 0.384 e. The Morgan fingerprint density at radius 2 is 1.68 bits per heavy atom. The van der Waals surface area contributed by atoms with Crippen LogP contribution in [0.5, 0.6) is 0 Å². The van der Waals surface area contributed by atoms with Crippen LogP contribution in [0.25, 0.3) is 17.0 Å². The second kappa shape index (κ2) is 14.7. The van der Waals surface area contributed by atoms with E-state index < -0.39 is 29.7 Å². The maximum atomic E-state index is 14.1. The third-order valence-electron chi connectivity index (χ3n) is 11.2. The number of carbonyl (C=O) groups excluding carboxylic acids is 5. The molecule has 0 spiro atoms. The fourth-order valence-electron chi connectivity index (χ4n) is 8.34. The molecule has 0 saturated carbocycles. The lowest BCUT2D eigenvalue weighted by Crippen LogP contribution is -2.54. The number of hydrogen-bond donors (Lipinski definition) is 2. The average Bonchev–Trinajstić information content (AvgIpc) is 3.95. The van der Waals surface area contributed by atoms with Gasteiger partial charge in [-0.1, -0.05) is 24.3 Å². The van der Waals surface area contributed by atoms with Crippen molar-refractivity contribution >= 4 is 52.5 Å². The van der Waals surface area contributed by atoms with Crippen molar-refractivity contribution in [2.24, 2.45) is 0 Å². The molecule has 4 aliphatic rings. The van der Waals surface area contributed by atoms with E-state index in [9.17, 15) is 28.4 Å². The van der Waals surface area contributed by atoms with Gasteiger partial charge in [0.15, 0.2) is 5.65 Å². The highest BCUT2D eigenvalue weighted by atomic mass is 19.1. The van der Waals surface area contributed by atoms with Crippen LogP contribution in [0.4, 0.5) is 21.7 Å². The molecule has 16 heteroatoms. The predicted octanol–water partition coefficient (Wildman–Crippen LogP) is 3.82. The zero-order valence-corrected chi connectivity index (χ0v) is 30.9. The number of nitrogens with zero attached hydrogens (tertiary/aromatic N) is 8. The fourth-order valence-corrected chi connectivity index (χ4v) is 8.34. The number of hydrogen-bond acceptors (Lipinski definition) is 11. The lowest BCUT2D eigenvalue weighted by atomic mass is 10.0. The second-order valence-corrected chi connectivity index (χ2v) is 14.6.